The van der Waals surface area contributed by atoms with Crippen LogP contribution in [0, 0.1) is 5.92 Å². The zero-order valence-electron chi connectivity index (χ0n) is 10.1. The molecule has 1 aliphatic carbocycles. The summed E-state index contributed by atoms with van der Waals surface area (Å²) in [6, 6.07) is 0.830. The third-order valence-electron chi connectivity index (χ3n) is 3.24. The van der Waals surface area contributed by atoms with Crippen LogP contribution in [0.3, 0.4) is 0 Å². The molecule has 0 saturated heterocycles. The van der Waals surface area contributed by atoms with E-state index >= 15 is 0 Å². The fourth-order valence-corrected chi connectivity index (χ4v) is 2.22. The van der Waals surface area contributed by atoms with Gasteiger partial charge in [-0.3, -0.25) is 4.79 Å². The summed E-state index contributed by atoms with van der Waals surface area (Å²) in [6.07, 6.45) is 5.58. The average molecular weight is 213 g/mol. The van der Waals surface area contributed by atoms with Crippen molar-refractivity contribution in [3.8, 4) is 0 Å². The number of ether oxygens (including phenoxy) is 1. The second-order valence-corrected chi connectivity index (χ2v) is 4.80. The molecule has 3 nitrogen and oxygen atoms in total. The summed E-state index contributed by atoms with van der Waals surface area (Å²) in [4.78, 5) is 11.1. The second-order valence-electron chi connectivity index (χ2n) is 4.80. The van der Waals surface area contributed by atoms with Crippen LogP contribution in [0.2, 0.25) is 0 Å². The van der Waals surface area contributed by atoms with Crippen molar-refractivity contribution < 1.29 is 9.53 Å². The topological polar surface area (TPSA) is 38.3 Å². The number of carbonyl (C=O) groups excluding carboxylic acids is 1. The highest BCUT2D eigenvalue weighted by atomic mass is 16.5. The summed E-state index contributed by atoms with van der Waals surface area (Å²) < 4.78 is 4.65. The third-order valence-corrected chi connectivity index (χ3v) is 3.24. The molecule has 1 aliphatic rings. The molecular formula is C12H23NO2. The summed E-state index contributed by atoms with van der Waals surface area (Å²) in [6.45, 7) is 4.36. The monoisotopic (exact) mass is 213 g/mol. The molecule has 1 saturated carbocycles. The third kappa shape index (κ3) is 4.65. The number of methoxy groups -OCH3 is 1. The Balaban J connectivity index is 2.20. The van der Waals surface area contributed by atoms with E-state index in [1.54, 1.807) is 0 Å². The lowest BCUT2D eigenvalue weighted by Gasteiger charge is -2.29. The lowest BCUT2D eigenvalue weighted by Crippen LogP contribution is -2.39. The molecular weight excluding hydrogens is 190 g/mol. The highest BCUT2D eigenvalue weighted by molar-refractivity contribution is 5.69. The van der Waals surface area contributed by atoms with E-state index in [2.05, 4.69) is 23.9 Å². The van der Waals surface area contributed by atoms with E-state index in [0.29, 0.717) is 12.5 Å². The van der Waals surface area contributed by atoms with Crippen molar-refractivity contribution in [2.45, 2.75) is 58.0 Å². The Bertz CT molecular complexity index is 198. The highest BCUT2D eigenvalue weighted by Gasteiger charge is 2.20. The molecule has 0 bridgehead atoms. The van der Waals surface area contributed by atoms with Gasteiger partial charge < -0.3 is 10.1 Å². The van der Waals surface area contributed by atoms with Gasteiger partial charge in [-0.05, 0) is 38.5 Å². The van der Waals surface area contributed by atoms with Crippen LogP contribution in [-0.4, -0.2) is 25.2 Å². The SMILES string of the molecule is COC(=O)CC(C)NC1CCC(C)CC1. The van der Waals surface area contributed by atoms with Gasteiger partial charge in [-0.1, -0.05) is 6.92 Å². The first-order valence-electron chi connectivity index (χ1n) is 5.94. The van der Waals surface area contributed by atoms with Crippen LogP contribution < -0.4 is 5.32 Å². The van der Waals surface area contributed by atoms with Crippen molar-refractivity contribution in [3.63, 3.8) is 0 Å². The van der Waals surface area contributed by atoms with Gasteiger partial charge in [0.15, 0.2) is 0 Å². The van der Waals surface area contributed by atoms with Crippen molar-refractivity contribution in [1.82, 2.24) is 5.32 Å². The largest absolute Gasteiger partial charge is 0.469 e. The summed E-state index contributed by atoms with van der Waals surface area (Å²) in [5, 5.41) is 3.50. The van der Waals surface area contributed by atoms with Crippen LogP contribution in [-0.2, 0) is 9.53 Å². The summed E-state index contributed by atoms with van der Waals surface area (Å²) in [5.41, 5.74) is 0. The molecule has 0 radical (unpaired) electrons. The normalized spacial score (nSPS) is 28.5. The van der Waals surface area contributed by atoms with Crippen LogP contribution in [0.15, 0.2) is 0 Å². The average Bonchev–Trinajstić information content (AvgIpc) is 2.21. The Hall–Kier alpha value is -0.570. The lowest BCUT2D eigenvalue weighted by molar-refractivity contribution is -0.141. The van der Waals surface area contributed by atoms with E-state index < -0.39 is 0 Å². The number of hydrogen-bond donors (Lipinski definition) is 1. The maximum absolute atomic E-state index is 11.1. The molecule has 88 valence electrons. The molecule has 0 amide bonds. The smallest absolute Gasteiger partial charge is 0.307 e. The molecule has 3 heteroatoms. The fourth-order valence-electron chi connectivity index (χ4n) is 2.22. The van der Waals surface area contributed by atoms with Crippen molar-refractivity contribution in [1.29, 1.82) is 0 Å². The fraction of sp³-hybridized carbons (Fsp3) is 0.917. The maximum atomic E-state index is 11.1. The minimum atomic E-state index is -0.126. The Labute approximate surface area is 92.6 Å². The Morgan fingerprint density at radius 1 is 1.40 bits per heavy atom. The van der Waals surface area contributed by atoms with E-state index in [1.807, 2.05) is 0 Å². The lowest BCUT2D eigenvalue weighted by atomic mass is 9.87. The Morgan fingerprint density at radius 2 is 2.00 bits per heavy atom. The van der Waals surface area contributed by atoms with Gasteiger partial charge in [0.2, 0.25) is 0 Å². The van der Waals surface area contributed by atoms with Crippen molar-refractivity contribution >= 4 is 5.97 Å². The first-order chi connectivity index (χ1) is 7.11. The number of hydrogen-bond acceptors (Lipinski definition) is 3. The molecule has 0 aromatic carbocycles. The minimum absolute atomic E-state index is 0.126. The zero-order chi connectivity index (χ0) is 11.3. The van der Waals surface area contributed by atoms with Crippen molar-refractivity contribution in [2.24, 2.45) is 5.92 Å². The molecule has 0 aliphatic heterocycles. The molecule has 1 fully saturated rings. The molecule has 0 aromatic rings. The summed E-state index contributed by atoms with van der Waals surface area (Å²) >= 11 is 0. The van der Waals surface area contributed by atoms with Gasteiger partial charge in [0.05, 0.1) is 13.5 Å². The van der Waals surface area contributed by atoms with Crippen LogP contribution >= 0.6 is 0 Å². The molecule has 0 aromatic heterocycles. The molecule has 0 heterocycles. The molecule has 1 unspecified atom stereocenters. The Morgan fingerprint density at radius 3 is 2.53 bits per heavy atom. The molecule has 1 atom stereocenters. The molecule has 1 N–H and O–H groups in total. The van der Waals surface area contributed by atoms with Gasteiger partial charge in [0.25, 0.3) is 0 Å². The predicted molar refractivity (Wildman–Crippen MR) is 60.7 cm³/mol. The van der Waals surface area contributed by atoms with E-state index in [9.17, 15) is 4.79 Å². The van der Waals surface area contributed by atoms with E-state index in [1.165, 1.54) is 32.8 Å². The van der Waals surface area contributed by atoms with Gasteiger partial charge in [-0.2, -0.15) is 0 Å². The summed E-state index contributed by atoms with van der Waals surface area (Å²) in [7, 11) is 1.44. The van der Waals surface area contributed by atoms with Gasteiger partial charge in [0, 0.05) is 12.1 Å². The second kappa shape index (κ2) is 6.11. The van der Waals surface area contributed by atoms with Crippen molar-refractivity contribution in [3.05, 3.63) is 0 Å². The summed E-state index contributed by atoms with van der Waals surface area (Å²) in [5.74, 6) is 0.748. The number of esters is 1. The van der Waals surface area contributed by atoms with Crippen molar-refractivity contribution in [2.75, 3.05) is 7.11 Å². The number of nitrogens with one attached hydrogen (secondary N) is 1. The van der Waals surface area contributed by atoms with Gasteiger partial charge in [-0.15, -0.1) is 0 Å². The van der Waals surface area contributed by atoms with E-state index in [4.69, 9.17) is 0 Å². The first-order valence-corrected chi connectivity index (χ1v) is 5.94. The maximum Gasteiger partial charge on any atom is 0.307 e. The minimum Gasteiger partial charge on any atom is -0.469 e. The van der Waals surface area contributed by atoms with Gasteiger partial charge in [-0.25, -0.2) is 0 Å². The van der Waals surface area contributed by atoms with E-state index in [-0.39, 0.29) is 12.0 Å². The van der Waals surface area contributed by atoms with Gasteiger partial charge >= 0.3 is 5.97 Å². The molecule has 0 spiro atoms. The predicted octanol–water partition coefficient (Wildman–Crippen LogP) is 2.11. The quantitative estimate of drug-likeness (QED) is 0.727. The standard InChI is InChI=1S/C12H23NO2/c1-9-4-6-11(7-5-9)13-10(2)8-12(14)15-3/h9-11,13H,4-8H2,1-3H3. The van der Waals surface area contributed by atoms with Crippen LogP contribution in [0.1, 0.15) is 46.0 Å². The first kappa shape index (κ1) is 12.5. The van der Waals surface area contributed by atoms with Crippen LogP contribution in [0.4, 0.5) is 0 Å². The van der Waals surface area contributed by atoms with Gasteiger partial charge in [0.1, 0.15) is 0 Å². The molecule has 15 heavy (non-hydrogen) atoms. The molecule has 1 rings (SSSR count). The number of carbonyl (C=O) groups is 1. The highest BCUT2D eigenvalue weighted by Crippen LogP contribution is 2.23. The van der Waals surface area contributed by atoms with Crippen LogP contribution in [0.5, 0.6) is 0 Å². The zero-order valence-corrected chi connectivity index (χ0v) is 10.1. The Kier molecular flexibility index (Phi) is 5.09. The van der Waals surface area contributed by atoms with E-state index in [0.717, 1.165) is 5.92 Å². The van der Waals surface area contributed by atoms with Crippen LogP contribution in [0.25, 0.3) is 0 Å². The number of rotatable bonds is 4.